The van der Waals surface area contributed by atoms with E-state index in [0.29, 0.717) is 13.0 Å². The van der Waals surface area contributed by atoms with E-state index >= 15 is 0 Å². The van der Waals surface area contributed by atoms with E-state index in [0.717, 1.165) is 14.3 Å². The van der Waals surface area contributed by atoms with Crippen LogP contribution in [0.2, 0.25) is 0 Å². The maximum absolute atomic E-state index is 12.1. The van der Waals surface area contributed by atoms with E-state index in [4.69, 9.17) is 0 Å². The topological polar surface area (TPSA) is 54.5 Å². The van der Waals surface area contributed by atoms with Gasteiger partial charge in [0.05, 0.1) is 5.75 Å². The lowest BCUT2D eigenvalue weighted by Gasteiger charge is -2.18. The molecule has 1 aliphatic rings. The van der Waals surface area contributed by atoms with Crippen LogP contribution in [0.15, 0.2) is 28.7 Å². The normalized spacial score (nSPS) is 19.4. The molecule has 1 aromatic carbocycles. The summed E-state index contributed by atoms with van der Waals surface area (Å²) in [5, 5.41) is 0. The Kier molecular flexibility index (Phi) is 4.30. The molecule has 0 spiro atoms. The third-order valence-electron chi connectivity index (χ3n) is 3.29. The zero-order valence-corrected chi connectivity index (χ0v) is 13.1. The van der Waals surface area contributed by atoms with Crippen molar-refractivity contribution < 1.29 is 13.2 Å². The molecule has 1 amide bonds. The molecule has 6 heteroatoms. The zero-order chi connectivity index (χ0) is 14.0. The van der Waals surface area contributed by atoms with Crippen LogP contribution >= 0.6 is 15.9 Å². The first kappa shape index (κ1) is 14.5. The highest BCUT2D eigenvalue weighted by Gasteiger charge is 2.33. The third kappa shape index (κ3) is 3.17. The van der Waals surface area contributed by atoms with Crippen molar-refractivity contribution in [1.29, 1.82) is 0 Å². The lowest BCUT2D eigenvalue weighted by molar-refractivity contribution is -0.126. The van der Waals surface area contributed by atoms with Crippen LogP contribution in [0.5, 0.6) is 0 Å². The Bertz CT molecular complexity index is 585. The van der Waals surface area contributed by atoms with Crippen LogP contribution in [-0.2, 0) is 14.8 Å². The summed E-state index contributed by atoms with van der Waals surface area (Å²) in [4.78, 5) is 12.1. The lowest BCUT2D eigenvalue weighted by atomic mass is 9.97. The fourth-order valence-electron chi connectivity index (χ4n) is 2.27. The Morgan fingerprint density at radius 3 is 2.68 bits per heavy atom. The molecule has 0 radical (unpaired) electrons. The summed E-state index contributed by atoms with van der Waals surface area (Å²) in [7, 11) is -3.35. The molecule has 1 saturated heterocycles. The number of halogens is 1. The van der Waals surface area contributed by atoms with E-state index in [1.54, 1.807) is 0 Å². The monoisotopic (exact) mass is 345 g/mol. The molecule has 104 valence electrons. The predicted octanol–water partition coefficient (Wildman–Crippen LogP) is 2.50. The number of carbonyl (C=O) groups excluding carboxylic acids is 1. The van der Waals surface area contributed by atoms with Crippen LogP contribution in [0.3, 0.4) is 0 Å². The Morgan fingerprint density at radius 1 is 1.42 bits per heavy atom. The number of hydrogen-bond donors (Lipinski definition) is 0. The van der Waals surface area contributed by atoms with Gasteiger partial charge in [0.1, 0.15) is 0 Å². The summed E-state index contributed by atoms with van der Waals surface area (Å²) in [6, 6.07) is 7.68. The van der Waals surface area contributed by atoms with Gasteiger partial charge in [0, 0.05) is 17.4 Å². The minimum Gasteiger partial charge on any atom is -0.274 e. The zero-order valence-electron chi connectivity index (χ0n) is 10.7. The van der Waals surface area contributed by atoms with Crippen molar-refractivity contribution in [3.63, 3.8) is 0 Å². The maximum Gasteiger partial charge on any atom is 0.237 e. The lowest BCUT2D eigenvalue weighted by Crippen LogP contribution is -2.33. The van der Waals surface area contributed by atoms with E-state index < -0.39 is 10.0 Å². The second-order valence-electron chi connectivity index (χ2n) is 4.76. The molecule has 0 N–H and O–H groups in total. The van der Waals surface area contributed by atoms with Gasteiger partial charge in [-0.05, 0) is 24.0 Å². The second kappa shape index (κ2) is 5.63. The van der Waals surface area contributed by atoms with Crippen molar-refractivity contribution in [2.45, 2.75) is 25.7 Å². The van der Waals surface area contributed by atoms with E-state index in [-0.39, 0.29) is 24.0 Å². The molecular formula is C13H16BrNO3S. The van der Waals surface area contributed by atoms with Crippen molar-refractivity contribution >= 4 is 31.9 Å². The first-order chi connectivity index (χ1) is 8.92. The van der Waals surface area contributed by atoms with E-state index in [1.165, 1.54) is 0 Å². The summed E-state index contributed by atoms with van der Waals surface area (Å²) >= 11 is 3.45. The average molecular weight is 346 g/mol. The van der Waals surface area contributed by atoms with Gasteiger partial charge < -0.3 is 0 Å². The van der Waals surface area contributed by atoms with Crippen molar-refractivity contribution in [2.75, 3.05) is 12.3 Å². The van der Waals surface area contributed by atoms with Crippen LogP contribution in [0.4, 0.5) is 0 Å². The molecule has 19 heavy (non-hydrogen) atoms. The predicted molar refractivity (Wildman–Crippen MR) is 77.3 cm³/mol. The Morgan fingerprint density at radius 2 is 2.11 bits per heavy atom. The number of nitrogens with zero attached hydrogens (tertiary/aromatic N) is 1. The number of carbonyl (C=O) groups is 1. The highest BCUT2D eigenvalue weighted by molar-refractivity contribution is 9.10. The average Bonchev–Trinajstić information content (AvgIpc) is 2.69. The molecule has 1 fully saturated rings. The molecule has 0 saturated carbocycles. The quantitative estimate of drug-likeness (QED) is 0.845. The van der Waals surface area contributed by atoms with Gasteiger partial charge in [0.2, 0.25) is 15.9 Å². The first-order valence-corrected chi connectivity index (χ1v) is 8.59. The fourth-order valence-corrected chi connectivity index (χ4v) is 4.45. The third-order valence-corrected chi connectivity index (χ3v) is 5.88. The van der Waals surface area contributed by atoms with Crippen molar-refractivity contribution in [3.8, 4) is 0 Å². The standard InChI is InChI=1S/C13H16BrNO3S/c1-10(11-5-2-3-6-12(11)14)9-13(16)15-7-4-8-19(15,17)18/h2-3,5-6,10H,4,7-9H2,1H3/t10-/m0/s1. The molecule has 0 bridgehead atoms. The maximum atomic E-state index is 12.1. The molecule has 0 aliphatic carbocycles. The summed E-state index contributed by atoms with van der Waals surface area (Å²) in [6.07, 6.45) is 0.749. The molecule has 4 nitrogen and oxygen atoms in total. The molecular weight excluding hydrogens is 330 g/mol. The molecule has 2 rings (SSSR count). The fraction of sp³-hybridized carbons (Fsp3) is 0.462. The summed E-state index contributed by atoms with van der Waals surface area (Å²) in [6.45, 7) is 2.25. The number of sulfonamides is 1. The SMILES string of the molecule is C[C@@H](CC(=O)N1CCCS1(=O)=O)c1ccccc1Br. The number of hydrogen-bond acceptors (Lipinski definition) is 3. The molecule has 1 aliphatic heterocycles. The van der Waals surface area contributed by atoms with Gasteiger partial charge in [-0.3, -0.25) is 4.79 Å². The van der Waals surface area contributed by atoms with Gasteiger partial charge in [0.15, 0.2) is 0 Å². The van der Waals surface area contributed by atoms with E-state index in [2.05, 4.69) is 15.9 Å². The Hall–Kier alpha value is -0.880. The van der Waals surface area contributed by atoms with E-state index in [1.807, 2.05) is 31.2 Å². The molecule has 1 atom stereocenters. The van der Waals surface area contributed by atoms with Gasteiger partial charge in [-0.15, -0.1) is 0 Å². The summed E-state index contributed by atoms with van der Waals surface area (Å²) < 4.78 is 25.3. The minimum absolute atomic E-state index is 0.0149. The minimum atomic E-state index is -3.35. The van der Waals surface area contributed by atoms with Crippen molar-refractivity contribution in [2.24, 2.45) is 0 Å². The van der Waals surface area contributed by atoms with Crippen molar-refractivity contribution in [3.05, 3.63) is 34.3 Å². The molecule has 0 unspecified atom stereocenters. The van der Waals surface area contributed by atoms with Gasteiger partial charge in [-0.25, -0.2) is 12.7 Å². The number of rotatable bonds is 3. The van der Waals surface area contributed by atoms with E-state index in [9.17, 15) is 13.2 Å². The van der Waals surface area contributed by atoms with Crippen LogP contribution in [-0.4, -0.2) is 30.9 Å². The molecule has 0 aromatic heterocycles. The largest absolute Gasteiger partial charge is 0.274 e. The highest BCUT2D eigenvalue weighted by atomic mass is 79.9. The molecule has 1 aromatic rings. The van der Waals surface area contributed by atoms with Gasteiger partial charge in [-0.2, -0.15) is 0 Å². The van der Waals surface area contributed by atoms with Gasteiger partial charge >= 0.3 is 0 Å². The smallest absolute Gasteiger partial charge is 0.237 e. The first-order valence-electron chi connectivity index (χ1n) is 6.19. The Labute approximate surface area is 122 Å². The van der Waals surface area contributed by atoms with Crippen molar-refractivity contribution in [1.82, 2.24) is 4.31 Å². The van der Waals surface area contributed by atoms with Crippen LogP contribution in [0.1, 0.15) is 31.2 Å². The van der Waals surface area contributed by atoms with Crippen LogP contribution in [0, 0.1) is 0 Å². The second-order valence-corrected chi connectivity index (χ2v) is 7.63. The van der Waals surface area contributed by atoms with Crippen LogP contribution < -0.4 is 0 Å². The molecule has 1 heterocycles. The summed E-state index contributed by atoms with van der Waals surface area (Å²) in [5.74, 6) is -0.234. The Balaban J connectivity index is 2.10. The van der Waals surface area contributed by atoms with Gasteiger partial charge in [0.25, 0.3) is 0 Å². The summed E-state index contributed by atoms with van der Waals surface area (Å²) in [5.41, 5.74) is 1.02. The number of amides is 1. The number of benzene rings is 1. The highest BCUT2D eigenvalue weighted by Crippen LogP contribution is 2.28. The van der Waals surface area contributed by atoms with Crippen LogP contribution in [0.25, 0.3) is 0 Å². The van der Waals surface area contributed by atoms with Gasteiger partial charge in [-0.1, -0.05) is 41.1 Å².